The summed E-state index contributed by atoms with van der Waals surface area (Å²) >= 11 is 0. The quantitative estimate of drug-likeness (QED) is 0.793. The molecule has 2 atom stereocenters. The van der Waals surface area contributed by atoms with Gasteiger partial charge in [0.2, 0.25) is 0 Å². The summed E-state index contributed by atoms with van der Waals surface area (Å²) in [5, 5.41) is 0. The van der Waals surface area contributed by atoms with Crippen LogP contribution in [0.25, 0.3) is 0 Å². The van der Waals surface area contributed by atoms with E-state index in [2.05, 4.69) is 48.9 Å². The van der Waals surface area contributed by atoms with E-state index in [9.17, 15) is 0 Å². The van der Waals surface area contributed by atoms with Crippen LogP contribution < -0.4 is 5.73 Å². The third-order valence-electron chi connectivity index (χ3n) is 3.28. The number of rotatable bonds is 7. The largest absolute Gasteiger partial charge is 0.326 e. The molecular formula is C14H26N4. The van der Waals surface area contributed by atoms with E-state index in [4.69, 9.17) is 5.73 Å². The number of hydrogen-bond donors (Lipinski definition) is 1. The van der Waals surface area contributed by atoms with Gasteiger partial charge in [-0.05, 0) is 39.2 Å². The van der Waals surface area contributed by atoms with Crippen LogP contribution in [-0.2, 0) is 0 Å². The van der Waals surface area contributed by atoms with Gasteiger partial charge in [0.05, 0.1) is 6.04 Å². The predicted octanol–water partition coefficient (Wildman–Crippen LogP) is 1.35. The molecule has 0 bridgehead atoms. The Morgan fingerprint density at radius 2 is 2.00 bits per heavy atom. The molecule has 0 fully saturated rings. The maximum absolute atomic E-state index is 6.27. The highest BCUT2D eigenvalue weighted by molar-refractivity contribution is 5.16. The lowest BCUT2D eigenvalue weighted by molar-refractivity contribution is 0.190. The summed E-state index contributed by atoms with van der Waals surface area (Å²) in [4.78, 5) is 8.72. The van der Waals surface area contributed by atoms with Gasteiger partial charge >= 0.3 is 0 Å². The van der Waals surface area contributed by atoms with Crippen molar-refractivity contribution in [1.29, 1.82) is 0 Å². The standard InChI is InChI=1S/C14H26N4/c1-5-13(15)14(12-7-6-8-16-11-12)18(4)10-9-17(2)3/h6-8,11,13-14H,5,9-10,15H2,1-4H3. The summed E-state index contributed by atoms with van der Waals surface area (Å²) in [7, 11) is 6.32. The van der Waals surface area contributed by atoms with Gasteiger partial charge in [-0.15, -0.1) is 0 Å². The van der Waals surface area contributed by atoms with E-state index in [1.165, 1.54) is 5.56 Å². The fourth-order valence-corrected chi connectivity index (χ4v) is 2.10. The molecule has 1 heterocycles. The topological polar surface area (TPSA) is 45.4 Å². The van der Waals surface area contributed by atoms with E-state index in [-0.39, 0.29) is 12.1 Å². The highest BCUT2D eigenvalue weighted by Gasteiger charge is 2.22. The van der Waals surface area contributed by atoms with Crippen LogP contribution in [0.4, 0.5) is 0 Å². The lowest BCUT2D eigenvalue weighted by Crippen LogP contribution is -2.41. The Hall–Kier alpha value is -0.970. The first kappa shape index (κ1) is 15.1. The second-order valence-electron chi connectivity index (χ2n) is 5.09. The summed E-state index contributed by atoms with van der Waals surface area (Å²) in [6.45, 7) is 4.16. The molecule has 0 spiro atoms. The molecule has 0 saturated heterocycles. The van der Waals surface area contributed by atoms with Crippen molar-refractivity contribution in [3.63, 3.8) is 0 Å². The van der Waals surface area contributed by atoms with Crippen molar-refractivity contribution in [1.82, 2.24) is 14.8 Å². The Morgan fingerprint density at radius 3 is 2.50 bits per heavy atom. The summed E-state index contributed by atoms with van der Waals surface area (Å²) in [5.41, 5.74) is 7.48. The van der Waals surface area contributed by atoms with Gasteiger partial charge < -0.3 is 10.6 Å². The molecule has 0 aliphatic heterocycles. The molecule has 0 saturated carbocycles. The van der Waals surface area contributed by atoms with Gasteiger partial charge in [-0.3, -0.25) is 9.88 Å². The van der Waals surface area contributed by atoms with Gasteiger partial charge in [0.15, 0.2) is 0 Å². The minimum absolute atomic E-state index is 0.140. The van der Waals surface area contributed by atoms with E-state index in [1.807, 2.05) is 12.3 Å². The maximum atomic E-state index is 6.27. The number of likely N-dealkylation sites (N-methyl/N-ethyl adjacent to an activating group) is 2. The maximum Gasteiger partial charge on any atom is 0.0511 e. The van der Waals surface area contributed by atoms with Crippen LogP contribution in [-0.4, -0.2) is 55.1 Å². The fraction of sp³-hybridized carbons (Fsp3) is 0.643. The second kappa shape index (κ2) is 7.46. The van der Waals surface area contributed by atoms with Crippen LogP contribution in [0, 0.1) is 0 Å². The Bertz CT molecular complexity index is 326. The molecule has 0 amide bonds. The predicted molar refractivity (Wildman–Crippen MR) is 76.4 cm³/mol. The van der Waals surface area contributed by atoms with Crippen LogP contribution in [0.3, 0.4) is 0 Å². The average molecular weight is 250 g/mol. The highest BCUT2D eigenvalue weighted by atomic mass is 15.2. The third kappa shape index (κ3) is 4.37. The number of hydrogen-bond acceptors (Lipinski definition) is 4. The Kier molecular flexibility index (Phi) is 6.25. The van der Waals surface area contributed by atoms with Crippen LogP contribution in [0.5, 0.6) is 0 Å². The Labute approximate surface area is 111 Å². The summed E-state index contributed by atoms with van der Waals surface area (Å²) in [5.74, 6) is 0. The molecule has 0 aliphatic carbocycles. The van der Waals surface area contributed by atoms with E-state index >= 15 is 0 Å². The van der Waals surface area contributed by atoms with Crippen molar-refractivity contribution in [3.8, 4) is 0 Å². The minimum Gasteiger partial charge on any atom is -0.326 e. The molecule has 1 aromatic heterocycles. The molecular weight excluding hydrogens is 224 g/mol. The van der Waals surface area contributed by atoms with Crippen molar-refractivity contribution < 1.29 is 0 Å². The lowest BCUT2D eigenvalue weighted by Gasteiger charge is -2.33. The minimum atomic E-state index is 0.140. The van der Waals surface area contributed by atoms with Crippen molar-refractivity contribution in [3.05, 3.63) is 30.1 Å². The smallest absolute Gasteiger partial charge is 0.0511 e. The van der Waals surface area contributed by atoms with Crippen LogP contribution in [0.15, 0.2) is 24.5 Å². The first-order chi connectivity index (χ1) is 8.56. The third-order valence-corrected chi connectivity index (χ3v) is 3.28. The zero-order chi connectivity index (χ0) is 13.5. The fourth-order valence-electron chi connectivity index (χ4n) is 2.10. The van der Waals surface area contributed by atoms with E-state index in [1.54, 1.807) is 6.20 Å². The molecule has 1 aromatic rings. The first-order valence-corrected chi connectivity index (χ1v) is 6.56. The van der Waals surface area contributed by atoms with Crippen molar-refractivity contribution in [2.45, 2.75) is 25.4 Å². The molecule has 1 rings (SSSR count). The van der Waals surface area contributed by atoms with Crippen molar-refractivity contribution in [2.75, 3.05) is 34.2 Å². The number of aromatic nitrogens is 1. The second-order valence-corrected chi connectivity index (χ2v) is 5.09. The number of nitrogens with zero attached hydrogens (tertiary/aromatic N) is 3. The summed E-state index contributed by atoms with van der Waals surface area (Å²) in [6.07, 6.45) is 4.69. The van der Waals surface area contributed by atoms with Gasteiger partial charge in [0, 0.05) is 31.5 Å². The molecule has 0 radical (unpaired) electrons. The van der Waals surface area contributed by atoms with Crippen LogP contribution in [0.2, 0.25) is 0 Å². The molecule has 0 aliphatic rings. The van der Waals surface area contributed by atoms with Gasteiger partial charge in [-0.1, -0.05) is 13.0 Å². The zero-order valence-electron chi connectivity index (χ0n) is 12.0. The van der Waals surface area contributed by atoms with E-state index in [0.29, 0.717) is 0 Å². The Morgan fingerprint density at radius 1 is 1.28 bits per heavy atom. The number of pyridine rings is 1. The molecule has 4 heteroatoms. The average Bonchev–Trinajstić information content (AvgIpc) is 2.37. The van der Waals surface area contributed by atoms with Crippen LogP contribution >= 0.6 is 0 Å². The summed E-state index contributed by atoms with van der Waals surface area (Å²) < 4.78 is 0. The van der Waals surface area contributed by atoms with Gasteiger partial charge in [-0.25, -0.2) is 0 Å². The molecule has 4 nitrogen and oxygen atoms in total. The normalized spacial score (nSPS) is 15.1. The van der Waals surface area contributed by atoms with Gasteiger partial charge in [-0.2, -0.15) is 0 Å². The van der Waals surface area contributed by atoms with Crippen LogP contribution in [0.1, 0.15) is 24.9 Å². The van der Waals surface area contributed by atoms with E-state index in [0.717, 1.165) is 19.5 Å². The molecule has 2 N–H and O–H groups in total. The van der Waals surface area contributed by atoms with Crippen molar-refractivity contribution in [2.24, 2.45) is 5.73 Å². The van der Waals surface area contributed by atoms with Gasteiger partial charge in [0.25, 0.3) is 0 Å². The summed E-state index contributed by atoms with van der Waals surface area (Å²) in [6, 6.07) is 4.47. The molecule has 0 aromatic carbocycles. The Balaban J connectivity index is 2.78. The zero-order valence-corrected chi connectivity index (χ0v) is 12.0. The number of nitrogens with two attached hydrogens (primary N) is 1. The molecule has 2 unspecified atom stereocenters. The molecule has 102 valence electrons. The SMILES string of the molecule is CCC(N)C(c1cccnc1)N(C)CCN(C)C. The van der Waals surface area contributed by atoms with E-state index < -0.39 is 0 Å². The first-order valence-electron chi connectivity index (χ1n) is 6.56. The highest BCUT2D eigenvalue weighted by Crippen LogP contribution is 2.22. The monoisotopic (exact) mass is 250 g/mol. The molecule has 18 heavy (non-hydrogen) atoms. The van der Waals surface area contributed by atoms with Crippen molar-refractivity contribution >= 4 is 0 Å². The lowest BCUT2D eigenvalue weighted by atomic mass is 9.98. The van der Waals surface area contributed by atoms with Gasteiger partial charge in [0.1, 0.15) is 0 Å².